The lowest BCUT2D eigenvalue weighted by Crippen LogP contribution is -2.47. The van der Waals surface area contributed by atoms with Crippen LogP contribution in [0.3, 0.4) is 0 Å². The fraction of sp³-hybridized carbons (Fsp3) is 0.917. The lowest BCUT2D eigenvalue weighted by molar-refractivity contribution is 0.112. The Morgan fingerprint density at radius 2 is 1.88 bits per heavy atom. The quantitative estimate of drug-likeness (QED) is 0.562. The normalized spacial score (nSPS) is 14.8. The van der Waals surface area contributed by atoms with Gasteiger partial charge in [0.05, 0.1) is 24.8 Å². The highest BCUT2D eigenvalue weighted by molar-refractivity contribution is 5.78. The van der Waals surface area contributed by atoms with E-state index in [0.717, 1.165) is 0 Å². The molecule has 0 bridgehead atoms. The summed E-state index contributed by atoms with van der Waals surface area (Å²) in [4.78, 5) is 6.49. The van der Waals surface area contributed by atoms with Crippen molar-refractivity contribution in [2.24, 2.45) is 10.7 Å². The van der Waals surface area contributed by atoms with Gasteiger partial charge >= 0.3 is 0 Å². The summed E-state index contributed by atoms with van der Waals surface area (Å²) in [6, 6.07) is 0.182. The molecule has 0 aliphatic heterocycles. The van der Waals surface area contributed by atoms with Crippen molar-refractivity contribution in [3.05, 3.63) is 0 Å². The first kappa shape index (κ1) is 16.2. The van der Waals surface area contributed by atoms with Gasteiger partial charge in [-0.25, -0.2) is 4.99 Å². The second-order valence-electron chi connectivity index (χ2n) is 5.13. The summed E-state index contributed by atoms with van der Waals surface area (Å²) in [6.45, 7) is 10.1. The van der Waals surface area contributed by atoms with Crippen LogP contribution >= 0.6 is 0 Å². The van der Waals surface area contributed by atoms with Gasteiger partial charge in [-0.2, -0.15) is 0 Å². The van der Waals surface area contributed by atoms with Gasteiger partial charge in [-0.05, 0) is 27.7 Å². The van der Waals surface area contributed by atoms with Crippen molar-refractivity contribution < 1.29 is 9.47 Å². The van der Waals surface area contributed by atoms with Crippen molar-refractivity contribution in [3.63, 3.8) is 0 Å². The van der Waals surface area contributed by atoms with Gasteiger partial charge in [0.15, 0.2) is 5.96 Å². The van der Waals surface area contributed by atoms with Crippen LogP contribution < -0.4 is 5.73 Å². The Hall–Kier alpha value is -0.810. The molecule has 0 fully saturated rings. The van der Waals surface area contributed by atoms with E-state index in [-0.39, 0.29) is 11.6 Å². The Morgan fingerprint density at radius 1 is 1.29 bits per heavy atom. The Balaban J connectivity index is 4.71. The molecule has 0 rings (SSSR count). The van der Waals surface area contributed by atoms with Crippen LogP contribution in [-0.4, -0.2) is 56.4 Å². The van der Waals surface area contributed by atoms with Gasteiger partial charge in [-0.1, -0.05) is 0 Å². The molecule has 102 valence electrons. The van der Waals surface area contributed by atoms with E-state index in [4.69, 9.17) is 15.2 Å². The Labute approximate surface area is 105 Å². The van der Waals surface area contributed by atoms with Gasteiger partial charge in [0.25, 0.3) is 0 Å². The first-order valence-electron chi connectivity index (χ1n) is 5.91. The minimum absolute atomic E-state index is 0.178. The molecular weight excluding hydrogens is 218 g/mol. The van der Waals surface area contributed by atoms with Crippen LogP contribution in [0.2, 0.25) is 0 Å². The van der Waals surface area contributed by atoms with E-state index < -0.39 is 0 Å². The minimum atomic E-state index is -0.178. The van der Waals surface area contributed by atoms with Crippen molar-refractivity contribution >= 4 is 5.96 Å². The number of methoxy groups -OCH3 is 2. The topological polar surface area (TPSA) is 60.1 Å². The average Bonchev–Trinajstić information content (AvgIpc) is 2.15. The van der Waals surface area contributed by atoms with Crippen LogP contribution in [0.1, 0.15) is 27.7 Å². The van der Waals surface area contributed by atoms with E-state index in [1.54, 1.807) is 14.2 Å². The van der Waals surface area contributed by atoms with Crippen LogP contribution in [0.25, 0.3) is 0 Å². The maximum absolute atomic E-state index is 6.04. The number of guanidine groups is 1. The van der Waals surface area contributed by atoms with Gasteiger partial charge in [-0.3, -0.25) is 0 Å². The molecule has 0 saturated heterocycles. The van der Waals surface area contributed by atoms with Crippen LogP contribution in [0, 0.1) is 0 Å². The maximum Gasteiger partial charge on any atom is 0.192 e. The molecule has 0 spiro atoms. The Kier molecular flexibility index (Phi) is 7.15. The van der Waals surface area contributed by atoms with Crippen molar-refractivity contribution in [3.8, 4) is 0 Å². The van der Waals surface area contributed by atoms with Crippen LogP contribution in [0.5, 0.6) is 0 Å². The summed E-state index contributed by atoms with van der Waals surface area (Å²) in [5.41, 5.74) is 5.86. The first-order valence-corrected chi connectivity index (χ1v) is 5.91. The third-order valence-electron chi connectivity index (χ3n) is 2.22. The number of ether oxygens (including phenoxy) is 2. The number of aliphatic imine (C=N–C) groups is 1. The van der Waals surface area contributed by atoms with E-state index >= 15 is 0 Å². The van der Waals surface area contributed by atoms with E-state index in [2.05, 4.69) is 11.9 Å². The summed E-state index contributed by atoms with van der Waals surface area (Å²) < 4.78 is 10.2. The number of nitrogens with zero attached hydrogens (tertiary/aromatic N) is 2. The highest BCUT2D eigenvalue weighted by Crippen LogP contribution is 2.08. The lowest BCUT2D eigenvalue weighted by Gasteiger charge is -2.31. The third-order valence-corrected chi connectivity index (χ3v) is 2.22. The Bertz CT molecular complexity index is 236. The zero-order chi connectivity index (χ0) is 13.5. The summed E-state index contributed by atoms with van der Waals surface area (Å²) >= 11 is 0. The van der Waals surface area contributed by atoms with Crippen molar-refractivity contribution in [2.45, 2.75) is 39.3 Å². The smallest absolute Gasteiger partial charge is 0.192 e. The molecule has 2 N–H and O–H groups in total. The zero-order valence-electron chi connectivity index (χ0n) is 12.0. The molecule has 0 amide bonds. The van der Waals surface area contributed by atoms with Gasteiger partial charge < -0.3 is 20.1 Å². The molecule has 17 heavy (non-hydrogen) atoms. The molecule has 0 aliphatic rings. The summed E-state index contributed by atoms with van der Waals surface area (Å²) in [5, 5.41) is 0. The van der Waals surface area contributed by atoms with E-state index in [1.807, 2.05) is 25.7 Å². The van der Waals surface area contributed by atoms with E-state index in [1.165, 1.54) is 0 Å². The second-order valence-corrected chi connectivity index (χ2v) is 5.13. The molecule has 0 heterocycles. The fourth-order valence-electron chi connectivity index (χ4n) is 1.49. The molecule has 1 unspecified atom stereocenters. The SMILES string of the molecule is COCCN(C(N)=NC(C)(C)C)C(C)COC. The molecule has 5 heteroatoms. The maximum atomic E-state index is 6.04. The predicted octanol–water partition coefficient (Wildman–Crippen LogP) is 1.08. The zero-order valence-corrected chi connectivity index (χ0v) is 12.0. The number of nitrogens with two attached hydrogens (primary N) is 1. The number of hydrogen-bond donors (Lipinski definition) is 1. The lowest BCUT2D eigenvalue weighted by atomic mass is 10.1. The fourth-order valence-corrected chi connectivity index (χ4v) is 1.49. The molecule has 5 nitrogen and oxygen atoms in total. The van der Waals surface area contributed by atoms with Crippen molar-refractivity contribution in [2.75, 3.05) is 34.0 Å². The molecule has 0 radical (unpaired) electrons. The van der Waals surface area contributed by atoms with E-state index in [9.17, 15) is 0 Å². The average molecular weight is 245 g/mol. The first-order chi connectivity index (χ1) is 7.81. The van der Waals surface area contributed by atoms with Gasteiger partial charge in [0.2, 0.25) is 0 Å². The van der Waals surface area contributed by atoms with Crippen LogP contribution in [-0.2, 0) is 9.47 Å². The van der Waals surface area contributed by atoms with Crippen molar-refractivity contribution in [1.82, 2.24) is 4.90 Å². The summed E-state index contributed by atoms with van der Waals surface area (Å²) in [7, 11) is 3.36. The summed E-state index contributed by atoms with van der Waals surface area (Å²) in [5.74, 6) is 0.541. The summed E-state index contributed by atoms with van der Waals surface area (Å²) in [6.07, 6.45) is 0. The number of hydrogen-bond acceptors (Lipinski definition) is 3. The number of rotatable bonds is 6. The molecule has 0 aromatic heterocycles. The predicted molar refractivity (Wildman–Crippen MR) is 71.3 cm³/mol. The molecular formula is C12H27N3O2. The van der Waals surface area contributed by atoms with Gasteiger partial charge in [0.1, 0.15) is 0 Å². The van der Waals surface area contributed by atoms with Gasteiger partial charge in [-0.15, -0.1) is 0 Å². The third kappa shape index (κ3) is 7.18. The standard InChI is InChI=1S/C12H27N3O2/c1-10(9-17-6)15(7-8-16-5)11(13)14-12(2,3)4/h10H,7-9H2,1-6H3,(H2,13,14). The molecule has 0 aromatic rings. The van der Waals surface area contributed by atoms with Crippen LogP contribution in [0.15, 0.2) is 4.99 Å². The molecule has 0 saturated carbocycles. The highest BCUT2D eigenvalue weighted by Gasteiger charge is 2.18. The molecule has 0 aliphatic carbocycles. The second kappa shape index (κ2) is 7.50. The van der Waals surface area contributed by atoms with Crippen LogP contribution in [0.4, 0.5) is 0 Å². The Morgan fingerprint density at radius 3 is 2.29 bits per heavy atom. The van der Waals surface area contributed by atoms with Crippen molar-refractivity contribution in [1.29, 1.82) is 0 Å². The van der Waals surface area contributed by atoms with E-state index in [0.29, 0.717) is 25.7 Å². The molecule has 1 atom stereocenters. The largest absolute Gasteiger partial charge is 0.383 e. The molecule has 0 aromatic carbocycles. The van der Waals surface area contributed by atoms with Gasteiger partial charge in [0, 0.05) is 20.8 Å². The monoisotopic (exact) mass is 245 g/mol. The minimum Gasteiger partial charge on any atom is -0.383 e. The highest BCUT2D eigenvalue weighted by atomic mass is 16.5.